The molecule has 0 aliphatic carbocycles. The van der Waals surface area contributed by atoms with Crippen LogP contribution in [0.4, 0.5) is 15.8 Å². The van der Waals surface area contributed by atoms with Crippen LogP contribution in [-0.2, 0) is 6.54 Å². The maximum Gasteiger partial charge on any atom is 0.123 e. The van der Waals surface area contributed by atoms with Gasteiger partial charge in [0.05, 0.1) is 0 Å². The minimum Gasteiger partial charge on any atom is -0.340 e. The number of benzene rings is 2. The van der Waals surface area contributed by atoms with Crippen molar-refractivity contribution in [1.82, 2.24) is 9.88 Å². The summed E-state index contributed by atoms with van der Waals surface area (Å²) in [7, 11) is 2.13. The molecule has 2 heterocycles. The van der Waals surface area contributed by atoms with E-state index in [9.17, 15) is 4.39 Å². The number of anilines is 2. The smallest absolute Gasteiger partial charge is 0.123 e. The molecule has 0 fully saturated rings. The normalized spacial score (nSPS) is 14.9. The fourth-order valence-corrected chi connectivity index (χ4v) is 3.34. The van der Waals surface area contributed by atoms with E-state index in [2.05, 4.69) is 46.1 Å². The van der Waals surface area contributed by atoms with Crippen molar-refractivity contribution in [2.24, 2.45) is 0 Å². The average molecular weight is 333 g/mol. The van der Waals surface area contributed by atoms with Gasteiger partial charge in [-0.05, 0) is 66.2 Å². The second kappa shape index (κ2) is 6.65. The van der Waals surface area contributed by atoms with Crippen LogP contribution in [0.15, 0.2) is 67.0 Å². The van der Waals surface area contributed by atoms with E-state index < -0.39 is 0 Å². The molecule has 126 valence electrons. The zero-order chi connectivity index (χ0) is 17.2. The van der Waals surface area contributed by atoms with Crippen LogP contribution in [0.1, 0.15) is 5.56 Å². The molecule has 0 N–H and O–H groups in total. The molecular weight excluding hydrogens is 313 g/mol. The Hall–Kier alpha value is -2.72. The molecule has 0 atom stereocenters. The van der Waals surface area contributed by atoms with Crippen molar-refractivity contribution in [2.45, 2.75) is 6.54 Å². The van der Waals surface area contributed by atoms with E-state index in [4.69, 9.17) is 0 Å². The molecule has 0 spiro atoms. The quantitative estimate of drug-likeness (QED) is 0.690. The molecular formula is C21H20FN3. The standard InChI is InChI=1S/C21H20FN3/c1-24-11-12-25(20-7-5-19(22)6-8-20)21-9-4-16(13-18(21)15-24)17-3-2-10-23-14-17/h2-10,13-14H,11-12,15H2,1H3. The van der Waals surface area contributed by atoms with E-state index >= 15 is 0 Å². The molecule has 3 nitrogen and oxygen atoms in total. The Bertz CT molecular complexity index is 862. The third kappa shape index (κ3) is 3.26. The predicted octanol–water partition coefficient (Wildman–Crippen LogP) is 4.47. The Kier molecular flexibility index (Phi) is 4.20. The van der Waals surface area contributed by atoms with Crippen molar-refractivity contribution in [1.29, 1.82) is 0 Å². The molecule has 1 aliphatic heterocycles. The lowest BCUT2D eigenvalue weighted by Gasteiger charge is -2.25. The number of halogens is 1. The summed E-state index contributed by atoms with van der Waals surface area (Å²) in [6.07, 6.45) is 3.68. The van der Waals surface area contributed by atoms with Gasteiger partial charge in [-0.1, -0.05) is 12.1 Å². The summed E-state index contributed by atoms with van der Waals surface area (Å²) in [5, 5.41) is 0. The van der Waals surface area contributed by atoms with Gasteiger partial charge in [0.15, 0.2) is 0 Å². The van der Waals surface area contributed by atoms with E-state index in [-0.39, 0.29) is 5.82 Å². The van der Waals surface area contributed by atoms with E-state index in [1.807, 2.05) is 24.4 Å². The minimum atomic E-state index is -0.206. The highest BCUT2D eigenvalue weighted by atomic mass is 19.1. The highest BCUT2D eigenvalue weighted by molar-refractivity contribution is 5.73. The van der Waals surface area contributed by atoms with Crippen LogP contribution in [0, 0.1) is 5.82 Å². The summed E-state index contributed by atoms with van der Waals surface area (Å²) in [5.41, 5.74) is 5.76. The number of hydrogen-bond acceptors (Lipinski definition) is 3. The van der Waals surface area contributed by atoms with E-state index in [1.54, 1.807) is 6.20 Å². The molecule has 0 unspecified atom stereocenters. The van der Waals surface area contributed by atoms with E-state index in [1.165, 1.54) is 28.9 Å². The molecule has 3 aromatic rings. The summed E-state index contributed by atoms with van der Waals surface area (Å²) in [6, 6.07) is 17.3. The fraction of sp³-hybridized carbons (Fsp3) is 0.190. The van der Waals surface area contributed by atoms with Gasteiger partial charge in [0, 0.05) is 43.4 Å². The summed E-state index contributed by atoms with van der Waals surface area (Å²) < 4.78 is 13.3. The van der Waals surface area contributed by atoms with Gasteiger partial charge in [-0.15, -0.1) is 0 Å². The van der Waals surface area contributed by atoms with Crippen LogP contribution in [-0.4, -0.2) is 30.0 Å². The van der Waals surface area contributed by atoms with Gasteiger partial charge in [0.25, 0.3) is 0 Å². The van der Waals surface area contributed by atoms with Crippen molar-refractivity contribution in [3.05, 3.63) is 78.4 Å². The van der Waals surface area contributed by atoms with Crippen molar-refractivity contribution >= 4 is 11.4 Å². The zero-order valence-electron chi connectivity index (χ0n) is 14.2. The first-order chi connectivity index (χ1) is 12.2. The molecule has 1 aromatic heterocycles. The molecule has 0 saturated heterocycles. The first-order valence-corrected chi connectivity index (χ1v) is 8.46. The highest BCUT2D eigenvalue weighted by Gasteiger charge is 2.20. The number of likely N-dealkylation sites (N-methyl/N-ethyl adjacent to an activating group) is 1. The highest BCUT2D eigenvalue weighted by Crippen LogP contribution is 2.34. The number of pyridine rings is 1. The van der Waals surface area contributed by atoms with Crippen molar-refractivity contribution in [2.75, 3.05) is 25.0 Å². The number of nitrogens with zero attached hydrogens (tertiary/aromatic N) is 3. The summed E-state index contributed by atoms with van der Waals surface area (Å²) in [4.78, 5) is 8.81. The lowest BCUT2D eigenvalue weighted by atomic mass is 10.0. The van der Waals surface area contributed by atoms with Crippen molar-refractivity contribution in [3.8, 4) is 11.1 Å². The number of hydrogen-bond donors (Lipinski definition) is 0. The zero-order valence-corrected chi connectivity index (χ0v) is 14.2. The van der Waals surface area contributed by atoms with Gasteiger partial charge >= 0.3 is 0 Å². The molecule has 4 heteroatoms. The maximum atomic E-state index is 13.3. The van der Waals surface area contributed by atoms with Crippen LogP contribution < -0.4 is 4.90 Å². The molecule has 0 bridgehead atoms. The van der Waals surface area contributed by atoms with Gasteiger partial charge in [0.1, 0.15) is 5.82 Å². The third-order valence-electron chi connectivity index (χ3n) is 4.65. The number of fused-ring (bicyclic) bond motifs is 1. The molecule has 0 radical (unpaired) electrons. The van der Waals surface area contributed by atoms with Crippen LogP contribution in [0.3, 0.4) is 0 Å². The Morgan fingerprint density at radius 1 is 0.960 bits per heavy atom. The van der Waals surface area contributed by atoms with E-state index in [0.29, 0.717) is 0 Å². The third-order valence-corrected chi connectivity index (χ3v) is 4.65. The second-order valence-electron chi connectivity index (χ2n) is 6.45. The Balaban J connectivity index is 1.78. The summed E-state index contributed by atoms with van der Waals surface area (Å²) >= 11 is 0. The van der Waals surface area contributed by atoms with Crippen LogP contribution >= 0.6 is 0 Å². The first-order valence-electron chi connectivity index (χ1n) is 8.46. The average Bonchev–Trinajstić information content (AvgIpc) is 2.81. The van der Waals surface area contributed by atoms with Gasteiger partial charge in [0.2, 0.25) is 0 Å². The Morgan fingerprint density at radius 3 is 2.56 bits per heavy atom. The van der Waals surface area contributed by atoms with Gasteiger partial charge in [-0.2, -0.15) is 0 Å². The van der Waals surface area contributed by atoms with E-state index in [0.717, 1.165) is 30.9 Å². The first kappa shape index (κ1) is 15.8. The van der Waals surface area contributed by atoms with Gasteiger partial charge < -0.3 is 9.80 Å². The molecule has 4 rings (SSSR count). The van der Waals surface area contributed by atoms with Gasteiger partial charge in [-0.25, -0.2) is 4.39 Å². The minimum absolute atomic E-state index is 0.206. The van der Waals surface area contributed by atoms with Crippen LogP contribution in [0.2, 0.25) is 0 Å². The Labute approximate surface area is 147 Å². The largest absolute Gasteiger partial charge is 0.340 e. The summed E-state index contributed by atoms with van der Waals surface area (Å²) in [6.45, 7) is 2.72. The lowest BCUT2D eigenvalue weighted by Crippen LogP contribution is -2.26. The summed E-state index contributed by atoms with van der Waals surface area (Å²) in [5.74, 6) is -0.206. The fourth-order valence-electron chi connectivity index (χ4n) is 3.34. The molecule has 2 aromatic carbocycles. The molecule has 25 heavy (non-hydrogen) atoms. The van der Waals surface area contributed by atoms with Crippen molar-refractivity contribution in [3.63, 3.8) is 0 Å². The van der Waals surface area contributed by atoms with Gasteiger partial charge in [-0.3, -0.25) is 4.98 Å². The second-order valence-corrected chi connectivity index (χ2v) is 6.45. The van der Waals surface area contributed by atoms with Crippen LogP contribution in [0.25, 0.3) is 11.1 Å². The molecule has 1 aliphatic rings. The topological polar surface area (TPSA) is 19.4 Å². The predicted molar refractivity (Wildman–Crippen MR) is 99.4 cm³/mol. The number of rotatable bonds is 2. The monoisotopic (exact) mass is 333 g/mol. The lowest BCUT2D eigenvalue weighted by molar-refractivity contribution is 0.343. The maximum absolute atomic E-state index is 13.3. The molecule has 0 saturated carbocycles. The van der Waals surface area contributed by atoms with Crippen molar-refractivity contribution < 1.29 is 4.39 Å². The molecule has 0 amide bonds. The Morgan fingerprint density at radius 2 is 1.80 bits per heavy atom. The SMILES string of the molecule is CN1CCN(c2ccc(F)cc2)c2ccc(-c3cccnc3)cc2C1. The van der Waals surface area contributed by atoms with Crippen LogP contribution in [0.5, 0.6) is 0 Å². The number of aromatic nitrogens is 1.